The van der Waals surface area contributed by atoms with Gasteiger partial charge in [-0.1, -0.05) is 6.92 Å². The van der Waals surface area contributed by atoms with Crippen LogP contribution in [0.1, 0.15) is 38.8 Å². The van der Waals surface area contributed by atoms with Gasteiger partial charge in [0.15, 0.2) is 11.6 Å². The van der Waals surface area contributed by atoms with Gasteiger partial charge in [-0.25, -0.2) is 14.4 Å². The Kier molecular flexibility index (Phi) is 4.11. The number of aryl methyl sites for hydroxylation is 1. The fourth-order valence-electron chi connectivity index (χ4n) is 2.61. The smallest absolute Gasteiger partial charge is 0.187 e. The summed E-state index contributed by atoms with van der Waals surface area (Å²) in [5.41, 5.74) is 6.49. The summed E-state index contributed by atoms with van der Waals surface area (Å²) in [7, 11) is 0. The third-order valence-corrected chi connectivity index (χ3v) is 3.61. The van der Waals surface area contributed by atoms with Crippen LogP contribution >= 0.6 is 0 Å². The molecule has 2 atom stereocenters. The Balaban J connectivity index is 2.33. The van der Waals surface area contributed by atoms with Crippen LogP contribution in [0.3, 0.4) is 0 Å². The Labute approximate surface area is 107 Å². The van der Waals surface area contributed by atoms with E-state index in [0.717, 1.165) is 25.8 Å². The molecule has 2 heterocycles. The van der Waals surface area contributed by atoms with E-state index in [0.29, 0.717) is 17.9 Å². The zero-order valence-electron chi connectivity index (χ0n) is 11.1. The second-order valence-electron chi connectivity index (χ2n) is 4.93. The van der Waals surface area contributed by atoms with Crippen LogP contribution in [0.15, 0.2) is 6.33 Å². The van der Waals surface area contributed by atoms with Crippen LogP contribution in [0.2, 0.25) is 0 Å². The van der Waals surface area contributed by atoms with E-state index in [9.17, 15) is 4.39 Å². The standard InChI is InChI=1S/C13H21FN4/c1-3-10-12(14)13(17-8-16-10)18-7-5-4-6-11(18)9(2)15/h8-9,11H,3-7,15H2,1-2H3. The Hall–Kier alpha value is -1.23. The second kappa shape index (κ2) is 5.61. The normalized spacial score (nSPS) is 22.0. The van der Waals surface area contributed by atoms with Crippen LogP contribution in [0.4, 0.5) is 10.2 Å². The number of aromatic nitrogens is 2. The van der Waals surface area contributed by atoms with Gasteiger partial charge in [-0.3, -0.25) is 0 Å². The molecule has 0 bridgehead atoms. The van der Waals surface area contributed by atoms with Gasteiger partial charge < -0.3 is 10.6 Å². The molecule has 0 spiro atoms. The third-order valence-electron chi connectivity index (χ3n) is 3.61. The molecule has 1 aromatic heterocycles. The molecule has 0 aliphatic carbocycles. The summed E-state index contributed by atoms with van der Waals surface area (Å²) >= 11 is 0. The van der Waals surface area contributed by atoms with E-state index < -0.39 is 0 Å². The topological polar surface area (TPSA) is 55.0 Å². The molecule has 100 valence electrons. The number of anilines is 1. The Morgan fingerprint density at radius 3 is 2.94 bits per heavy atom. The number of hydrogen-bond donors (Lipinski definition) is 1. The lowest BCUT2D eigenvalue weighted by molar-refractivity contribution is 0.404. The molecule has 1 fully saturated rings. The van der Waals surface area contributed by atoms with Gasteiger partial charge in [0.1, 0.15) is 6.33 Å². The zero-order chi connectivity index (χ0) is 13.1. The molecule has 1 aromatic rings. The lowest BCUT2D eigenvalue weighted by Gasteiger charge is -2.39. The average Bonchev–Trinajstić information content (AvgIpc) is 2.39. The minimum atomic E-state index is -0.285. The van der Waals surface area contributed by atoms with Crippen molar-refractivity contribution in [2.75, 3.05) is 11.4 Å². The molecule has 1 aliphatic heterocycles. The predicted octanol–water partition coefficient (Wildman–Crippen LogP) is 1.88. The van der Waals surface area contributed by atoms with Crippen molar-refractivity contribution in [1.82, 2.24) is 9.97 Å². The van der Waals surface area contributed by atoms with E-state index in [4.69, 9.17) is 5.73 Å². The second-order valence-corrected chi connectivity index (χ2v) is 4.93. The summed E-state index contributed by atoms with van der Waals surface area (Å²) in [5, 5.41) is 0. The summed E-state index contributed by atoms with van der Waals surface area (Å²) in [5.74, 6) is 0.136. The maximum atomic E-state index is 14.3. The van der Waals surface area contributed by atoms with E-state index in [1.165, 1.54) is 6.33 Å². The Bertz CT molecular complexity index is 408. The maximum absolute atomic E-state index is 14.3. The van der Waals surface area contributed by atoms with Crippen LogP contribution in [0, 0.1) is 5.82 Å². The number of rotatable bonds is 3. The van der Waals surface area contributed by atoms with Crippen LogP contribution in [-0.2, 0) is 6.42 Å². The number of halogens is 1. The summed E-state index contributed by atoms with van der Waals surface area (Å²) in [6.07, 6.45) is 5.24. The van der Waals surface area contributed by atoms with Gasteiger partial charge in [0, 0.05) is 18.6 Å². The molecular formula is C13H21FN4. The molecule has 2 unspecified atom stereocenters. The first kappa shape index (κ1) is 13.2. The summed E-state index contributed by atoms with van der Waals surface area (Å²) in [6, 6.07) is 0.192. The van der Waals surface area contributed by atoms with Gasteiger partial charge >= 0.3 is 0 Å². The van der Waals surface area contributed by atoms with Crippen LogP contribution in [0.5, 0.6) is 0 Å². The fraction of sp³-hybridized carbons (Fsp3) is 0.692. The maximum Gasteiger partial charge on any atom is 0.187 e. The molecule has 4 nitrogen and oxygen atoms in total. The first-order valence-corrected chi connectivity index (χ1v) is 6.66. The summed E-state index contributed by atoms with van der Waals surface area (Å²) < 4.78 is 14.3. The van der Waals surface area contributed by atoms with E-state index in [1.807, 2.05) is 18.7 Å². The molecule has 18 heavy (non-hydrogen) atoms. The quantitative estimate of drug-likeness (QED) is 0.892. The molecule has 0 amide bonds. The molecule has 0 saturated carbocycles. The molecular weight excluding hydrogens is 231 g/mol. The number of hydrogen-bond acceptors (Lipinski definition) is 4. The van der Waals surface area contributed by atoms with Gasteiger partial charge in [0.2, 0.25) is 0 Å². The predicted molar refractivity (Wildman–Crippen MR) is 70.0 cm³/mol. The SMILES string of the molecule is CCc1ncnc(N2CCCCC2C(C)N)c1F. The molecule has 0 radical (unpaired) electrons. The highest BCUT2D eigenvalue weighted by atomic mass is 19.1. The number of piperidine rings is 1. The molecule has 0 aromatic carbocycles. The zero-order valence-corrected chi connectivity index (χ0v) is 11.1. The van der Waals surface area contributed by atoms with E-state index in [2.05, 4.69) is 9.97 Å². The van der Waals surface area contributed by atoms with Gasteiger partial charge in [0.25, 0.3) is 0 Å². The fourth-order valence-corrected chi connectivity index (χ4v) is 2.61. The van der Waals surface area contributed by atoms with Crippen LogP contribution in [-0.4, -0.2) is 28.6 Å². The third kappa shape index (κ3) is 2.46. The summed E-state index contributed by atoms with van der Waals surface area (Å²) in [6.45, 7) is 4.69. The van der Waals surface area contributed by atoms with Crippen molar-refractivity contribution >= 4 is 5.82 Å². The first-order chi connectivity index (χ1) is 8.65. The van der Waals surface area contributed by atoms with Crippen LogP contribution in [0.25, 0.3) is 0 Å². The highest BCUT2D eigenvalue weighted by Crippen LogP contribution is 2.27. The monoisotopic (exact) mass is 252 g/mol. The number of nitrogens with zero attached hydrogens (tertiary/aromatic N) is 3. The van der Waals surface area contributed by atoms with Crippen molar-refractivity contribution in [1.29, 1.82) is 0 Å². The Morgan fingerprint density at radius 2 is 2.28 bits per heavy atom. The van der Waals surface area contributed by atoms with Crippen molar-refractivity contribution in [2.24, 2.45) is 5.73 Å². The highest BCUT2D eigenvalue weighted by molar-refractivity contribution is 5.43. The van der Waals surface area contributed by atoms with Crippen molar-refractivity contribution in [3.63, 3.8) is 0 Å². The van der Waals surface area contributed by atoms with E-state index in [-0.39, 0.29) is 17.9 Å². The lowest BCUT2D eigenvalue weighted by atomic mass is 9.97. The number of nitrogens with two attached hydrogens (primary N) is 1. The van der Waals surface area contributed by atoms with Crippen molar-refractivity contribution in [3.8, 4) is 0 Å². The van der Waals surface area contributed by atoms with Gasteiger partial charge in [-0.15, -0.1) is 0 Å². The average molecular weight is 252 g/mol. The molecule has 5 heteroatoms. The van der Waals surface area contributed by atoms with Crippen molar-refractivity contribution in [2.45, 2.75) is 51.6 Å². The molecule has 2 rings (SSSR count). The van der Waals surface area contributed by atoms with Crippen molar-refractivity contribution in [3.05, 3.63) is 17.8 Å². The molecule has 1 saturated heterocycles. The van der Waals surface area contributed by atoms with E-state index in [1.54, 1.807) is 0 Å². The lowest BCUT2D eigenvalue weighted by Crippen LogP contribution is -2.50. The minimum Gasteiger partial charge on any atom is -0.350 e. The van der Waals surface area contributed by atoms with Gasteiger partial charge in [-0.05, 0) is 32.6 Å². The van der Waals surface area contributed by atoms with Gasteiger partial charge in [-0.2, -0.15) is 0 Å². The van der Waals surface area contributed by atoms with Crippen molar-refractivity contribution < 1.29 is 4.39 Å². The molecule has 1 aliphatic rings. The van der Waals surface area contributed by atoms with E-state index >= 15 is 0 Å². The van der Waals surface area contributed by atoms with Gasteiger partial charge in [0.05, 0.1) is 5.69 Å². The van der Waals surface area contributed by atoms with Crippen LogP contribution < -0.4 is 10.6 Å². The molecule has 2 N–H and O–H groups in total. The highest BCUT2D eigenvalue weighted by Gasteiger charge is 2.29. The largest absolute Gasteiger partial charge is 0.350 e. The first-order valence-electron chi connectivity index (χ1n) is 6.66. The minimum absolute atomic E-state index is 0.0183. The Morgan fingerprint density at radius 1 is 1.50 bits per heavy atom. The summed E-state index contributed by atoms with van der Waals surface area (Å²) in [4.78, 5) is 10.1.